The molecule has 1 saturated heterocycles. The third-order valence-corrected chi connectivity index (χ3v) is 5.62. The summed E-state index contributed by atoms with van der Waals surface area (Å²) in [6.45, 7) is -0.420. The van der Waals surface area contributed by atoms with Crippen LogP contribution in [0.25, 0.3) is 6.08 Å². The van der Waals surface area contributed by atoms with E-state index in [2.05, 4.69) is 5.32 Å². The van der Waals surface area contributed by atoms with Crippen LogP contribution < -0.4 is 5.32 Å². The van der Waals surface area contributed by atoms with Gasteiger partial charge in [0.05, 0.1) is 10.8 Å². The number of alkyl halides is 3. The molecule has 0 bridgehead atoms. The molecule has 5 nitrogen and oxygen atoms in total. The van der Waals surface area contributed by atoms with E-state index in [1.165, 1.54) is 48.5 Å². The first-order valence-corrected chi connectivity index (χ1v) is 10.4. The monoisotopic (exact) mass is 466 g/mol. The minimum absolute atomic E-state index is 0.0210. The Kier molecular flexibility index (Phi) is 7.34. The molecule has 3 rings (SSSR count). The highest BCUT2D eigenvalue weighted by atomic mass is 32.2. The average molecular weight is 466 g/mol. The molecule has 0 aliphatic carbocycles. The van der Waals surface area contributed by atoms with Gasteiger partial charge in [0.25, 0.3) is 11.1 Å². The first-order chi connectivity index (χ1) is 15.2. The van der Waals surface area contributed by atoms with Crippen LogP contribution in [-0.4, -0.2) is 41.2 Å². The number of halogens is 4. The molecule has 10 heteroatoms. The molecule has 0 saturated carbocycles. The summed E-state index contributed by atoms with van der Waals surface area (Å²) >= 11 is 0.626. The Morgan fingerprint density at radius 3 is 2.38 bits per heavy atom. The maximum Gasteiger partial charge on any atom is 0.396 e. The first-order valence-electron chi connectivity index (χ1n) is 9.55. The second-order valence-corrected chi connectivity index (χ2v) is 7.91. The predicted octanol–water partition coefficient (Wildman–Crippen LogP) is 4.71. The number of thioether (sulfide) groups is 1. The molecule has 2 aromatic carbocycles. The molecule has 1 aliphatic heterocycles. The van der Waals surface area contributed by atoms with E-state index in [0.29, 0.717) is 11.8 Å². The van der Waals surface area contributed by atoms with Gasteiger partial charge in [0.15, 0.2) is 0 Å². The van der Waals surface area contributed by atoms with Crippen LogP contribution in [0.3, 0.4) is 0 Å². The summed E-state index contributed by atoms with van der Waals surface area (Å²) in [7, 11) is 0. The minimum Gasteiger partial charge on any atom is -0.354 e. The summed E-state index contributed by atoms with van der Waals surface area (Å²) < 4.78 is 53.9. The van der Waals surface area contributed by atoms with Crippen molar-refractivity contribution in [3.63, 3.8) is 0 Å². The third kappa shape index (κ3) is 5.76. The molecule has 1 N–H and O–H groups in total. The minimum atomic E-state index is -4.61. The molecule has 3 amide bonds. The van der Waals surface area contributed by atoms with Crippen molar-refractivity contribution < 1.29 is 31.9 Å². The lowest BCUT2D eigenvalue weighted by atomic mass is 9.95. The fourth-order valence-electron chi connectivity index (χ4n) is 3.10. The van der Waals surface area contributed by atoms with E-state index in [9.17, 15) is 31.9 Å². The number of carbonyl (C=O) groups excluding carboxylic acids is 3. The van der Waals surface area contributed by atoms with Crippen molar-refractivity contribution in [1.29, 1.82) is 0 Å². The molecular weight excluding hydrogens is 448 g/mol. The topological polar surface area (TPSA) is 66.5 Å². The number of nitrogens with zero attached hydrogens (tertiary/aromatic N) is 1. The fourth-order valence-corrected chi connectivity index (χ4v) is 3.95. The van der Waals surface area contributed by atoms with Crippen LogP contribution in [0.1, 0.15) is 23.5 Å². The van der Waals surface area contributed by atoms with Gasteiger partial charge < -0.3 is 5.32 Å². The van der Waals surface area contributed by atoms with Crippen LogP contribution in [0.5, 0.6) is 0 Å². The lowest BCUT2D eigenvalue weighted by molar-refractivity contribution is -0.157. The highest BCUT2D eigenvalue weighted by molar-refractivity contribution is 8.18. The van der Waals surface area contributed by atoms with Crippen LogP contribution in [0.15, 0.2) is 59.5 Å². The maximum absolute atomic E-state index is 13.8. The SMILES string of the molecule is O=C(CC(c1ccccc1)C(F)(F)F)NCCN1C(=O)S/C(=C/c2ccccc2F)C1=O. The number of hydrogen-bond acceptors (Lipinski definition) is 4. The van der Waals surface area contributed by atoms with E-state index < -0.39 is 41.4 Å². The summed E-state index contributed by atoms with van der Waals surface area (Å²) in [4.78, 5) is 37.5. The van der Waals surface area contributed by atoms with Crippen LogP contribution in [0, 0.1) is 5.82 Å². The van der Waals surface area contributed by atoms with Crippen LogP contribution in [-0.2, 0) is 9.59 Å². The summed E-state index contributed by atoms with van der Waals surface area (Å²) in [5, 5.41) is 1.72. The summed E-state index contributed by atoms with van der Waals surface area (Å²) in [6.07, 6.45) is -4.17. The van der Waals surface area contributed by atoms with Crippen LogP contribution in [0.2, 0.25) is 0 Å². The highest BCUT2D eigenvalue weighted by Gasteiger charge is 2.42. The molecule has 1 fully saturated rings. The standard InChI is InChI=1S/C22H18F4N2O3S/c23-17-9-5-4-8-15(17)12-18-20(30)28(21(31)32-18)11-10-27-19(29)13-16(22(24,25)26)14-6-2-1-3-7-14/h1-9,12,16H,10-11,13H2,(H,27,29)/b18-12+. The molecule has 0 spiro atoms. The van der Waals surface area contributed by atoms with E-state index in [1.807, 2.05) is 0 Å². The van der Waals surface area contributed by atoms with E-state index in [1.54, 1.807) is 12.1 Å². The number of benzene rings is 2. The Morgan fingerprint density at radius 1 is 1.06 bits per heavy atom. The number of amides is 3. The molecule has 0 aromatic heterocycles. The van der Waals surface area contributed by atoms with Crippen LogP contribution in [0.4, 0.5) is 22.4 Å². The second-order valence-electron chi connectivity index (χ2n) is 6.91. The number of carbonyl (C=O) groups is 3. The summed E-state index contributed by atoms with van der Waals surface area (Å²) in [5.41, 5.74) is 0.116. The molecule has 1 aliphatic rings. The van der Waals surface area contributed by atoms with Crippen molar-refractivity contribution in [2.45, 2.75) is 18.5 Å². The number of imide groups is 1. The van der Waals surface area contributed by atoms with Gasteiger partial charge in [0.2, 0.25) is 5.91 Å². The highest BCUT2D eigenvalue weighted by Crippen LogP contribution is 2.37. The Bertz CT molecular complexity index is 1040. The summed E-state index contributed by atoms with van der Waals surface area (Å²) in [6, 6.07) is 12.8. The van der Waals surface area contributed by atoms with E-state index in [4.69, 9.17) is 0 Å². The van der Waals surface area contributed by atoms with Crippen molar-refractivity contribution >= 4 is 34.9 Å². The van der Waals surface area contributed by atoms with Gasteiger partial charge in [-0.15, -0.1) is 0 Å². The van der Waals surface area contributed by atoms with Crippen LogP contribution >= 0.6 is 11.8 Å². The zero-order chi connectivity index (χ0) is 23.3. The number of rotatable bonds is 7. The quantitative estimate of drug-likeness (QED) is 0.474. The normalized spacial score (nSPS) is 16.5. The lowest BCUT2D eigenvalue weighted by Crippen LogP contribution is -2.38. The molecule has 1 atom stereocenters. The lowest BCUT2D eigenvalue weighted by Gasteiger charge is -2.20. The van der Waals surface area contributed by atoms with E-state index in [0.717, 1.165) is 4.90 Å². The van der Waals surface area contributed by atoms with Crippen molar-refractivity contribution in [2.75, 3.05) is 13.1 Å². The van der Waals surface area contributed by atoms with Gasteiger partial charge in [0.1, 0.15) is 5.82 Å². The van der Waals surface area contributed by atoms with E-state index >= 15 is 0 Å². The fraction of sp³-hybridized carbons (Fsp3) is 0.227. The summed E-state index contributed by atoms with van der Waals surface area (Å²) in [5.74, 6) is -4.03. The number of hydrogen-bond donors (Lipinski definition) is 1. The second kappa shape index (κ2) is 9.99. The maximum atomic E-state index is 13.8. The molecular formula is C22H18F4N2O3S. The zero-order valence-corrected chi connectivity index (χ0v) is 17.4. The van der Waals surface area contributed by atoms with Gasteiger partial charge >= 0.3 is 6.18 Å². The Hall–Kier alpha value is -3.14. The van der Waals surface area contributed by atoms with Crippen molar-refractivity contribution in [2.24, 2.45) is 0 Å². The van der Waals surface area contributed by atoms with Crippen molar-refractivity contribution in [1.82, 2.24) is 10.2 Å². The van der Waals surface area contributed by atoms with Gasteiger partial charge in [-0.05, 0) is 29.5 Å². The first kappa shape index (κ1) is 23.5. The molecule has 1 heterocycles. The molecule has 1 unspecified atom stereocenters. The van der Waals surface area contributed by atoms with Crippen molar-refractivity contribution in [3.05, 3.63) is 76.4 Å². The molecule has 32 heavy (non-hydrogen) atoms. The smallest absolute Gasteiger partial charge is 0.354 e. The molecule has 168 valence electrons. The van der Waals surface area contributed by atoms with Gasteiger partial charge in [-0.3, -0.25) is 19.3 Å². The Balaban J connectivity index is 1.57. The Labute approximate surface area is 185 Å². The largest absolute Gasteiger partial charge is 0.396 e. The zero-order valence-electron chi connectivity index (χ0n) is 16.6. The predicted molar refractivity (Wildman–Crippen MR) is 112 cm³/mol. The van der Waals surface area contributed by atoms with Gasteiger partial charge in [-0.2, -0.15) is 13.2 Å². The number of nitrogens with one attached hydrogen (secondary N) is 1. The third-order valence-electron chi connectivity index (χ3n) is 4.71. The molecule has 0 radical (unpaired) electrons. The van der Waals surface area contributed by atoms with Gasteiger partial charge in [-0.25, -0.2) is 4.39 Å². The molecule has 2 aromatic rings. The average Bonchev–Trinajstić information content (AvgIpc) is 3.01. The Morgan fingerprint density at radius 2 is 1.72 bits per heavy atom. The van der Waals surface area contributed by atoms with E-state index in [-0.39, 0.29) is 29.1 Å². The van der Waals surface area contributed by atoms with Gasteiger partial charge in [0, 0.05) is 25.1 Å². The van der Waals surface area contributed by atoms with Crippen molar-refractivity contribution in [3.8, 4) is 0 Å². The van der Waals surface area contributed by atoms with Gasteiger partial charge in [-0.1, -0.05) is 48.5 Å².